The molecule has 0 saturated heterocycles. The number of sulfonamides is 1. The number of rotatable bonds is 6. The molecule has 0 N–H and O–H groups in total. The smallest absolute Gasteiger partial charge is 0.247 e. The Hall–Kier alpha value is -2.71. The summed E-state index contributed by atoms with van der Waals surface area (Å²) in [6.07, 6.45) is 0. The van der Waals surface area contributed by atoms with Crippen LogP contribution in [0.4, 0.5) is 0 Å². The first-order valence-corrected chi connectivity index (χ1v) is 8.93. The Kier molecular flexibility index (Phi) is 4.82. The molecule has 0 fully saturated rings. The molecule has 0 aliphatic carbocycles. The average Bonchev–Trinajstić information content (AvgIpc) is 3.11. The number of hydrogen-bond donors (Lipinski definition) is 0. The fraction of sp³-hybridized carbons (Fsp3) is 0.176. The van der Waals surface area contributed by atoms with Gasteiger partial charge in [0.1, 0.15) is 5.75 Å². The molecule has 0 aliphatic rings. The van der Waals surface area contributed by atoms with E-state index in [9.17, 15) is 8.42 Å². The molecular weight excluding hydrogens is 342 g/mol. The van der Waals surface area contributed by atoms with Crippen LogP contribution in [0.5, 0.6) is 5.75 Å². The molecule has 0 saturated carbocycles. The molecule has 7 nitrogen and oxygen atoms in total. The van der Waals surface area contributed by atoms with E-state index in [0.717, 1.165) is 9.87 Å². The van der Waals surface area contributed by atoms with Gasteiger partial charge in [-0.15, -0.1) is 10.2 Å². The van der Waals surface area contributed by atoms with Gasteiger partial charge in [-0.3, -0.25) is 0 Å². The third-order valence-corrected chi connectivity index (χ3v) is 5.43. The maximum atomic E-state index is 12.6. The van der Waals surface area contributed by atoms with Gasteiger partial charge in [0.2, 0.25) is 21.8 Å². The summed E-state index contributed by atoms with van der Waals surface area (Å²) in [6, 6.07) is 15.5. The van der Waals surface area contributed by atoms with Crippen molar-refractivity contribution in [1.29, 1.82) is 0 Å². The van der Waals surface area contributed by atoms with E-state index in [0.29, 0.717) is 11.6 Å². The number of aromatic nitrogens is 2. The Morgan fingerprint density at radius 3 is 2.36 bits per heavy atom. The topological polar surface area (TPSA) is 85.5 Å². The van der Waals surface area contributed by atoms with E-state index in [-0.39, 0.29) is 17.3 Å². The molecule has 3 aromatic rings. The molecule has 25 heavy (non-hydrogen) atoms. The van der Waals surface area contributed by atoms with Crippen LogP contribution in [0.2, 0.25) is 0 Å². The third kappa shape index (κ3) is 3.70. The number of hydrogen-bond acceptors (Lipinski definition) is 6. The van der Waals surface area contributed by atoms with E-state index in [1.807, 2.05) is 30.3 Å². The largest absolute Gasteiger partial charge is 0.497 e. The summed E-state index contributed by atoms with van der Waals surface area (Å²) in [6.45, 7) is -0.0196. The maximum Gasteiger partial charge on any atom is 0.247 e. The molecule has 8 heteroatoms. The summed E-state index contributed by atoms with van der Waals surface area (Å²) in [4.78, 5) is 0.165. The van der Waals surface area contributed by atoms with Gasteiger partial charge in [-0.2, -0.15) is 4.31 Å². The van der Waals surface area contributed by atoms with E-state index in [1.165, 1.54) is 26.3 Å². The lowest BCUT2D eigenvalue weighted by atomic mass is 10.2. The Morgan fingerprint density at radius 1 is 1.04 bits per heavy atom. The molecule has 0 spiro atoms. The molecule has 3 rings (SSSR count). The summed E-state index contributed by atoms with van der Waals surface area (Å²) < 4.78 is 37.0. The van der Waals surface area contributed by atoms with Crippen molar-refractivity contribution in [2.24, 2.45) is 0 Å². The number of methoxy groups -OCH3 is 1. The van der Waals surface area contributed by atoms with Crippen molar-refractivity contribution in [2.75, 3.05) is 14.2 Å². The van der Waals surface area contributed by atoms with E-state index in [2.05, 4.69) is 10.2 Å². The summed E-state index contributed by atoms with van der Waals surface area (Å²) in [5.41, 5.74) is 0.780. The summed E-state index contributed by atoms with van der Waals surface area (Å²) in [5, 5.41) is 7.89. The Labute approximate surface area is 145 Å². The molecule has 0 aliphatic heterocycles. The van der Waals surface area contributed by atoms with Gasteiger partial charge >= 0.3 is 0 Å². The molecule has 1 aromatic heterocycles. The first-order valence-electron chi connectivity index (χ1n) is 7.49. The van der Waals surface area contributed by atoms with Crippen LogP contribution in [-0.4, -0.2) is 37.1 Å². The summed E-state index contributed by atoms with van der Waals surface area (Å²) in [5.74, 6) is 1.16. The molecule has 0 radical (unpaired) electrons. The second-order valence-corrected chi connectivity index (χ2v) is 7.35. The van der Waals surface area contributed by atoms with Crippen LogP contribution >= 0.6 is 0 Å². The van der Waals surface area contributed by atoms with Gasteiger partial charge in [-0.25, -0.2) is 8.42 Å². The first-order chi connectivity index (χ1) is 12.0. The van der Waals surface area contributed by atoms with Crippen molar-refractivity contribution >= 4 is 10.0 Å². The van der Waals surface area contributed by atoms with Crippen molar-refractivity contribution in [3.63, 3.8) is 0 Å². The quantitative estimate of drug-likeness (QED) is 0.672. The zero-order chi connectivity index (χ0) is 17.9. The Bertz CT molecular complexity index is 938. The van der Waals surface area contributed by atoms with Gasteiger partial charge in [0.05, 0.1) is 18.6 Å². The van der Waals surface area contributed by atoms with E-state index in [1.54, 1.807) is 12.1 Å². The van der Waals surface area contributed by atoms with Gasteiger partial charge in [-0.1, -0.05) is 18.2 Å². The van der Waals surface area contributed by atoms with Gasteiger partial charge < -0.3 is 9.15 Å². The normalized spacial score (nSPS) is 11.6. The lowest BCUT2D eigenvalue weighted by Gasteiger charge is -2.15. The monoisotopic (exact) mass is 359 g/mol. The van der Waals surface area contributed by atoms with Gasteiger partial charge in [0, 0.05) is 12.6 Å². The number of benzene rings is 2. The van der Waals surface area contributed by atoms with Gasteiger partial charge in [0.15, 0.2) is 0 Å². The number of ether oxygens (including phenoxy) is 1. The van der Waals surface area contributed by atoms with E-state index < -0.39 is 10.0 Å². The first kappa shape index (κ1) is 17.1. The SMILES string of the molecule is COc1ccc(S(=O)(=O)N(C)Cc2nnc(-c3ccccc3)o2)cc1. The lowest BCUT2D eigenvalue weighted by Crippen LogP contribution is -2.26. The van der Waals surface area contributed by atoms with Crippen molar-refractivity contribution in [2.45, 2.75) is 11.4 Å². The highest BCUT2D eigenvalue weighted by Gasteiger charge is 2.23. The summed E-state index contributed by atoms with van der Waals surface area (Å²) >= 11 is 0. The zero-order valence-electron chi connectivity index (χ0n) is 13.8. The minimum atomic E-state index is -3.67. The van der Waals surface area contributed by atoms with Crippen LogP contribution in [0.25, 0.3) is 11.5 Å². The molecule has 1 heterocycles. The number of nitrogens with zero attached hydrogens (tertiary/aromatic N) is 3. The molecule has 130 valence electrons. The van der Waals surface area contributed by atoms with Crippen LogP contribution in [0.3, 0.4) is 0 Å². The third-order valence-electron chi connectivity index (χ3n) is 3.61. The molecule has 0 bridgehead atoms. The van der Waals surface area contributed by atoms with Crippen molar-refractivity contribution < 1.29 is 17.6 Å². The van der Waals surface area contributed by atoms with Crippen LogP contribution in [0.1, 0.15) is 5.89 Å². The maximum absolute atomic E-state index is 12.6. The predicted molar refractivity (Wildman–Crippen MR) is 91.4 cm³/mol. The predicted octanol–water partition coefficient (Wildman–Crippen LogP) is 2.57. The molecule has 2 aromatic carbocycles. The Balaban J connectivity index is 1.77. The van der Waals surface area contributed by atoms with E-state index in [4.69, 9.17) is 9.15 Å². The van der Waals surface area contributed by atoms with Crippen LogP contribution in [0, 0.1) is 0 Å². The highest BCUT2D eigenvalue weighted by molar-refractivity contribution is 7.89. The Morgan fingerprint density at radius 2 is 1.72 bits per heavy atom. The fourth-order valence-corrected chi connectivity index (χ4v) is 3.34. The average molecular weight is 359 g/mol. The van der Waals surface area contributed by atoms with Crippen LogP contribution < -0.4 is 4.74 Å². The minimum absolute atomic E-state index is 0.0196. The van der Waals surface area contributed by atoms with E-state index >= 15 is 0 Å². The van der Waals surface area contributed by atoms with Gasteiger partial charge in [-0.05, 0) is 36.4 Å². The van der Waals surface area contributed by atoms with Gasteiger partial charge in [0.25, 0.3) is 0 Å². The lowest BCUT2D eigenvalue weighted by molar-refractivity contribution is 0.399. The minimum Gasteiger partial charge on any atom is -0.497 e. The van der Waals surface area contributed by atoms with Crippen molar-refractivity contribution in [3.05, 3.63) is 60.5 Å². The van der Waals surface area contributed by atoms with Crippen LogP contribution in [-0.2, 0) is 16.6 Å². The second-order valence-electron chi connectivity index (χ2n) is 5.30. The zero-order valence-corrected chi connectivity index (χ0v) is 14.6. The highest BCUT2D eigenvalue weighted by Crippen LogP contribution is 2.21. The highest BCUT2D eigenvalue weighted by atomic mass is 32.2. The standard InChI is InChI=1S/C17H17N3O4S/c1-20(25(21,22)15-10-8-14(23-2)9-11-15)12-16-18-19-17(24-16)13-6-4-3-5-7-13/h3-11H,12H2,1-2H3. The van der Waals surface area contributed by atoms with Crippen LogP contribution in [0.15, 0.2) is 63.9 Å². The fourth-order valence-electron chi connectivity index (χ4n) is 2.22. The summed E-state index contributed by atoms with van der Waals surface area (Å²) in [7, 11) is -0.680. The second kappa shape index (κ2) is 7.04. The molecular formula is C17H17N3O4S. The molecule has 0 atom stereocenters. The molecule has 0 amide bonds. The van der Waals surface area contributed by atoms with Crippen molar-refractivity contribution in [3.8, 4) is 17.2 Å². The van der Waals surface area contributed by atoms with Crippen molar-refractivity contribution in [1.82, 2.24) is 14.5 Å². The molecule has 0 unspecified atom stereocenters.